The molecule has 54 heavy (non-hydrogen) atoms. The lowest BCUT2D eigenvalue weighted by molar-refractivity contribution is -0.271. The number of benzene rings is 1. The first-order valence-electron chi connectivity index (χ1n) is 16.9. The second kappa shape index (κ2) is 20.1. The Morgan fingerprint density at radius 2 is 1.65 bits per heavy atom. The Morgan fingerprint density at radius 1 is 0.963 bits per heavy atom. The molecule has 1 unspecified atom stereocenters. The highest BCUT2D eigenvalue weighted by atomic mass is 32.2. The van der Waals surface area contributed by atoms with Crippen molar-refractivity contribution >= 4 is 45.7 Å². The number of aliphatic carboxylic acids is 1. The zero-order chi connectivity index (χ0) is 40.2. The molecule has 1 fully saturated rings. The number of esters is 1. The summed E-state index contributed by atoms with van der Waals surface area (Å²) in [5, 5.41) is 44.4. The first-order chi connectivity index (χ1) is 25.4. The molecule has 1 aromatic carbocycles. The van der Waals surface area contributed by atoms with Crippen LogP contribution in [0.4, 0.5) is 0 Å². The van der Waals surface area contributed by atoms with E-state index in [1.165, 1.54) is 18.2 Å². The number of aliphatic hydroxyl groups excluding tert-OH is 3. The normalized spacial score (nSPS) is 21.8. The number of hydrogen-bond acceptors (Lipinski definition) is 15. The van der Waals surface area contributed by atoms with Crippen LogP contribution in [0.2, 0.25) is 0 Å². The Hall–Kier alpha value is -4.67. The van der Waals surface area contributed by atoms with E-state index in [1.807, 2.05) is 0 Å². The van der Waals surface area contributed by atoms with E-state index < -0.39 is 94.1 Å². The molecule has 0 spiro atoms. The highest BCUT2D eigenvalue weighted by molar-refractivity contribution is 7.85. The number of nitrogens with zero attached hydrogens (tertiary/aromatic N) is 1. The van der Waals surface area contributed by atoms with E-state index in [0.29, 0.717) is 24.8 Å². The lowest BCUT2D eigenvalue weighted by atomic mass is 9.99. The number of carbonyl (C=O) groups is 6. The van der Waals surface area contributed by atoms with Gasteiger partial charge in [-0.15, -0.1) is 0 Å². The Balaban J connectivity index is 1.56. The van der Waals surface area contributed by atoms with Gasteiger partial charge in [0.25, 0.3) is 21.9 Å². The Morgan fingerprint density at radius 3 is 2.28 bits per heavy atom. The van der Waals surface area contributed by atoms with Gasteiger partial charge in [-0.1, -0.05) is 20.3 Å². The maximum Gasteiger partial charge on any atom is 0.335 e. The Bertz CT molecular complexity index is 1650. The standard InChI is InChI=1S/C33H45N3O17S/c1-18(2)32(46)51-16-19-8-9-20(52-33-28(42)26(40)27(41)29(53-33)31(44)45)15-22(19)50-14-6-12-34-30(43)21(17-54(47,48)49)35-23(37)7-4-3-5-13-36-24(38)10-11-25(36)39/h8-11,15,18,21,26-29,33,40-42H,3-7,12-14,16-17H2,1-2H3,(H,34,43)(H,35,37)(H,44,45)(H,47,48,49)/t21?,26-,27-,28+,29-,33+/m0/s1. The molecular weight excluding hydrogens is 742 g/mol. The minimum Gasteiger partial charge on any atom is -0.493 e. The summed E-state index contributed by atoms with van der Waals surface area (Å²) in [7, 11) is -4.69. The van der Waals surface area contributed by atoms with Crippen LogP contribution >= 0.6 is 0 Å². The SMILES string of the molecule is CC(C)C(=O)OCc1ccc(O[C@@H]2O[C@H](C(=O)O)[C@@H](O)[C@H](O)[C@H]2O)cc1OCCCNC(=O)C(CS(=O)(=O)O)NC(=O)CCCCCN1C(=O)C=CC1=O. The van der Waals surface area contributed by atoms with Crippen LogP contribution in [0.1, 0.15) is 51.5 Å². The van der Waals surface area contributed by atoms with E-state index in [2.05, 4.69) is 10.6 Å². The maximum absolute atomic E-state index is 12.8. The molecule has 2 heterocycles. The van der Waals surface area contributed by atoms with Gasteiger partial charge >= 0.3 is 11.9 Å². The fraction of sp³-hybridized carbons (Fsp3) is 0.576. The summed E-state index contributed by atoms with van der Waals surface area (Å²) < 4.78 is 54.3. The van der Waals surface area contributed by atoms with Crippen molar-refractivity contribution in [1.82, 2.24) is 15.5 Å². The van der Waals surface area contributed by atoms with E-state index in [1.54, 1.807) is 13.8 Å². The van der Waals surface area contributed by atoms with Crippen molar-refractivity contribution in [2.45, 2.75) is 89.3 Å². The molecule has 1 saturated heterocycles. The van der Waals surface area contributed by atoms with E-state index >= 15 is 0 Å². The molecule has 21 heteroatoms. The summed E-state index contributed by atoms with van der Waals surface area (Å²) >= 11 is 0. The third-order valence-electron chi connectivity index (χ3n) is 8.04. The number of ether oxygens (including phenoxy) is 4. The van der Waals surface area contributed by atoms with Crippen LogP contribution in [0.3, 0.4) is 0 Å². The number of carboxylic acids is 1. The number of amides is 4. The van der Waals surface area contributed by atoms with Crippen LogP contribution in [0.5, 0.6) is 11.5 Å². The summed E-state index contributed by atoms with van der Waals surface area (Å²) in [5.41, 5.74) is 0.357. The van der Waals surface area contributed by atoms with Gasteiger partial charge in [0.15, 0.2) is 6.10 Å². The fourth-order valence-corrected chi connectivity index (χ4v) is 5.75. The number of aliphatic hydroxyl groups is 3. The molecule has 4 amide bonds. The molecule has 2 aliphatic rings. The van der Waals surface area contributed by atoms with E-state index in [-0.39, 0.29) is 50.6 Å². The molecule has 7 N–H and O–H groups in total. The Kier molecular flexibility index (Phi) is 16.3. The highest BCUT2D eigenvalue weighted by Crippen LogP contribution is 2.30. The van der Waals surface area contributed by atoms with Crippen LogP contribution < -0.4 is 20.1 Å². The van der Waals surface area contributed by atoms with E-state index in [4.69, 9.17) is 18.9 Å². The molecule has 0 aromatic heterocycles. The van der Waals surface area contributed by atoms with Crippen LogP contribution in [0.15, 0.2) is 30.4 Å². The third kappa shape index (κ3) is 13.3. The minimum absolute atomic E-state index is 0.0353. The Labute approximate surface area is 310 Å². The van der Waals surface area contributed by atoms with E-state index in [0.717, 1.165) is 17.1 Å². The van der Waals surface area contributed by atoms with Gasteiger partial charge in [0.05, 0.1) is 12.5 Å². The van der Waals surface area contributed by atoms with Crippen molar-refractivity contribution in [2.75, 3.05) is 25.4 Å². The van der Waals surface area contributed by atoms with Gasteiger partial charge in [-0.3, -0.25) is 33.4 Å². The number of carbonyl (C=O) groups excluding carboxylic acids is 5. The molecule has 3 rings (SSSR count). The quantitative estimate of drug-likeness (QED) is 0.0319. The van der Waals surface area contributed by atoms with Crippen molar-refractivity contribution in [3.05, 3.63) is 35.9 Å². The van der Waals surface area contributed by atoms with Gasteiger partial charge in [-0.25, -0.2) is 4.79 Å². The minimum atomic E-state index is -4.69. The molecular formula is C33H45N3O17S. The average molecular weight is 788 g/mol. The third-order valence-corrected chi connectivity index (χ3v) is 8.79. The number of nitrogens with one attached hydrogen (secondary N) is 2. The predicted octanol–water partition coefficient (Wildman–Crippen LogP) is -1.60. The molecule has 0 saturated carbocycles. The van der Waals surface area contributed by atoms with Crippen molar-refractivity contribution in [1.29, 1.82) is 0 Å². The van der Waals surface area contributed by atoms with Crippen LogP contribution in [0.25, 0.3) is 0 Å². The second-order valence-electron chi connectivity index (χ2n) is 12.7. The van der Waals surface area contributed by atoms with Gasteiger partial charge in [-0.05, 0) is 31.4 Å². The number of imide groups is 1. The average Bonchev–Trinajstić information content (AvgIpc) is 3.42. The monoisotopic (exact) mass is 787 g/mol. The molecule has 0 aliphatic carbocycles. The number of unbranched alkanes of at least 4 members (excludes halogenated alkanes) is 2. The van der Waals surface area contributed by atoms with Crippen LogP contribution in [-0.4, -0.2) is 136 Å². The molecule has 0 radical (unpaired) electrons. The fourth-order valence-electron chi connectivity index (χ4n) is 5.09. The highest BCUT2D eigenvalue weighted by Gasteiger charge is 2.48. The van der Waals surface area contributed by atoms with Gasteiger partial charge in [0.1, 0.15) is 48.2 Å². The predicted molar refractivity (Wildman–Crippen MR) is 182 cm³/mol. The second-order valence-corrected chi connectivity index (χ2v) is 14.2. The molecule has 20 nitrogen and oxygen atoms in total. The van der Waals surface area contributed by atoms with Crippen LogP contribution in [0, 0.1) is 5.92 Å². The summed E-state index contributed by atoms with van der Waals surface area (Å²) in [6.07, 6.45) is -5.80. The zero-order valence-electron chi connectivity index (χ0n) is 29.5. The van der Waals surface area contributed by atoms with Crippen molar-refractivity contribution in [3.8, 4) is 11.5 Å². The maximum atomic E-state index is 12.8. The molecule has 300 valence electrons. The molecule has 1 aromatic rings. The summed E-state index contributed by atoms with van der Waals surface area (Å²) in [4.78, 5) is 73.1. The molecule has 0 bridgehead atoms. The number of rotatable bonds is 21. The van der Waals surface area contributed by atoms with Crippen molar-refractivity contribution in [2.24, 2.45) is 5.92 Å². The summed E-state index contributed by atoms with van der Waals surface area (Å²) in [5.74, 6) is -6.01. The van der Waals surface area contributed by atoms with Gasteiger partial charge in [-0.2, -0.15) is 8.42 Å². The molecule has 2 aliphatic heterocycles. The van der Waals surface area contributed by atoms with Gasteiger partial charge in [0.2, 0.25) is 18.1 Å². The summed E-state index contributed by atoms with van der Waals surface area (Å²) in [6.45, 7) is 3.02. The number of hydrogen-bond donors (Lipinski definition) is 7. The smallest absolute Gasteiger partial charge is 0.335 e. The lowest BCUT2D eigenvalue weighted by Gasteiger charge is -2.38. The zero-order valence-corrected chi connectivity index (χ0v) is 30.3. The topological polar surface area (TPSA) is 302 Å². The first kappa shape index (κ1) is 43.7. The number of carboxylic acid groups (broad SMARTS) is 1. The van der Waals surface area contributed by atoms with Gasteiger partial charge in [0, 0.05) is 43.3 Å². The van der Waals surface area contributed by atoms with Crippen molar-refractivity contribution < 1.29 is 81.1 Å². The summed E-state index contributed by atoms with van der Waals surface area (Å²) in [6, 6.07) is 2.49. The van der Waals surface area contributed by atoms with Crippen molar-refractivity contribution in [3.63, 3.8) is 0 Å². The molecule has 6 atom stereocenters. The largest absolute Gasteiger partial charge is 0.493 e. The lowest BCUT2D eigenvalue weighted by Crippen LogP contribution is -2.61. The van der Waals surface area contributed by atoms with Crippen LogP contribution in [-0.2, 0) is 55.0 Å². The van der Waals surface area contributed by atoms with E-state index in [9.17, 15) is 62.2 Å². The first-order valence-corrected chi connectivity index (χ1v) is 18.6. The van der Waals surface area contributed by atoms with Gasteiger partial charge < -0.3 is 50.0 Å².